The number of aliphatic hydroxyl groups excluding tert-OH is 1. The molecular formula is C15H32O2Si. The maximum Gasteiger partial charge on any atom is 0.138 e. The lowest BCUT2D eigenvalue weighted by Crippen LogP contribution is -2.47. The van der Waals surface area contributed by atoms with Gasteiger partial charge in [-0.1, -0.05) is 61.6 Å². The third-order valence-electron chi connectivity index (χ3n) is 5.09. The molecular weight excluding hydrogens is 240 g/mol. The molecule has 0 amide bonds. The molecule has 1 N–H and O–H groups in total. The van der Waals surface area contributed by atoms with Gasteiger partial charge in [-0.15, -0.1) is 0 Å². The largest absolute Gasteiger partial charge is 0.392 e. The van der Waals surface area contributed by atoms with Crippen molar-refractivity contribution >= 4 is 13.9 Å². The van der Waals surface area contributed by atoms with Gasteiger partial charge in [0.15, 0.2) is 0 Å². The van der Waals surface area contributed by atoms with Crippen LogP contribution in [0, 0.1) is 11.8 Å². The Morgan fingerprint density at radius 3 is 1.72 bits per heavy atom. The van der Waals surface area contributed by atoms with Gasteiger partial charge < -0.3 is 5.11 Å². The average molecular weight is 273 g/mol. The molecule has 0 spiro atoms. The molecule has 0 saturated heterocycles. The van der Waals surface area contributed by atoms with Gasteiger partial charge >= 0.3 is 0 Å². The highest BCUT2D eigenvalue weighted by Gasteiger charge is 2.44. The molecule has 18 heavy (non-hydrogen) atoms. The van der Waals surface area contributed by atoms with Gasteiger partial charge in [0, 0.05) is 11.5 Å². The first-order valence-electron chi connectivity index (χ1n) is 7.05. The van der Waals surface area contributed by atoms with Crippen molar-refractivity contribution in [2.75, 3.05) is 0 Å². The SMILES string of the molecule is CC(C)[C@H](O)[C@@H](C)C(=O)[C@@H](C)[Si](C)(C)C(C)(C)C. The van der Waals surface area contributed by atoms with E-state index >= 15 is 0 Å². The summed E-state index contributed by atoms with van der Waals surface area (Å²) in [5.74, 6) is 0.118. The normalized spacial score (nSPS) is 18.6. The van der Waals surface area contributed by atoms with E-state index in [1.54, 1.807) is 0 Å². The number of hydrogen-bond acceptors (Lipinski definition) is 2. The molecule has 0 aromatic heterocycles. The maximum absolute atomic E-state index is 12.6. The number of Topliss-reactive ketones (excluding diaryl/α,β-unsaturated/α-hetero) is 1. The number of aliphatic hydroxyl groups is 1. The number of carbonyl (C=O) groups is 1. The lowest BCUT2D eigenvalue weighted by molar-refractivity contribution is -0.126. The minimum absolute atomic E-state index is 0.0842. The number of rotatable bonds is 5. The van der Waals surface area contributed by atoms with E-state index in [1.807, 2.05) is 20.8 Å². The van der Waals surface area contributed by atoms with Crippen LogP contribution in [0.5, 0.6) is 0 Å². The van der Waals surface area contributed by atoms with Gasteiger partial charge in [-0.25, -0.2) is 0 Å². The monoisotopic (exact) mass is 272 g/mol. The summed E-state index contributed by atoms with van der Waals surface area (Å²) in [6.07, 6.45) is -0.523. The van der Waals surface area contributed by atoms with E-state index in [1.165, 1.54) is 0 Å². The summed E-state index contributed by atoms with van der Waals surface area (Å²) in [5, 5.41) is 10.3. The van der Waals surface area contributed by atoms with E-state index in [9.17, 15) is 9.90 Å². The van der Waals surface area contributed by atoms with E-state index in [-0.39, 0.29) is 28.2 Å². The third-order valence-corrected chi connectivity index (χ3v) is 11.4. The molecule has 0 heterocycles. The van der Waals surface area contributed by atoms with Crippen molar-refractivity contribution in [3.8, 4) is 0 Å². The second-order valence-corrected chi connectivity index (χ2v) is 13.4. The van der Waals surface area contributed by atoms with Crippen molar-refractivity contribution < 1.29 is 9.90 Å². The highest BCUT2D eigenvalue weighted by molar-refractivity contribution is 6.84. The molecule has 0 bridgehead atoms. The summed E-state index contributed by atoms with van der Waals surface area (Å²) < 4.78 is 0. The van der Waals surface area contributed by atoms with Crippen molar-refractivity contribution in [2.24, 2.45) is 11.8 Å². The van der Waals surface area contributed by atoms with Crippen LogP contribution in [0.15, 0.2) is 0 Å². The molecule has 0 aliphatic heterocycles. The standard InChI is InChI=1S/C15H32O2Si/c1-10(2)13(16)11(3)14(17)12(4)18(8,9)15(5,6)7/h10-13,16H,1-9H3/t11-,12-,13+/m1/s1. The van der Waals surface area contributed by atoms with Gasteiger partial charge in [0.05, 0.1) is 14.2 Å². The second-order valence-electron chi connectivity index (χ2n) is 7.62. The molecule has 108 valence electrons. The van der Waals surface area contributed by atoms with Crippen molar-refractivity contribution in [3.63, 3.8) is 0 Å². The summed E-state index contributed by atoms with van der Waals surface area (Å²) in [6.45, 7) is 19.1. The zero-order valence-electron chi connectivity index (χ0n) is 13.7. The second kappa shape index (κ2) is 5.87. The van der Waals surface area contributed by atoms with Crippen LogP contribution in [0.1, 0.15) is 48.5 Å². The van der Waals surface area contributed by atoms with Crippen molar-refractivity contribution in [3.05, 3.63) is 0 Å². The van der Waals surface area contributed by atoms with Crippen LogP contribution in [0.3, 0.4) is 0 Å². The van der Waals surface area contributed by atoms with Gasteiger partial charge in [-0.2, -0.15) is 0 Å². The molecule has 0 unspecified atom stereocenters. The lowest BCUT2D eigenvalue weighted by atomic mass is 9.90. The predicted octanol–water partition coefficient (Wildman–Crippen LogP) is 4.11. The van der Waals surface area contributed by atoms with Crippen LogP contribution in [-0.4, -0.2) is 25.1 Å². The van der Waals surface area contributed by atoms with E-state index in [0.29, 0.717) is 0 Å². The van der Waals surface area contributed by atoms with Gasteiger partial charge in [0.2, 0.25) is 0 Å². The van der Waals surface area contributed by atoms with Crippen LogP contribution < -0.4 is 0 Å². The van der Waals surface area contributed by atoms with Crippen LogP contribution in [0.4, 0.5) is 0 Å². The molecule has 0 rings (SSSR count). The molecule has 0 aliphatic carbocycles. The fourth-order valence-electron chi connectivity index (χ4n) is 2.15. The molecule has 0 fully saturated rings. The molecule has 0 aromatic carbocycles. The van der Waals surface area contributed by atoms with Gasteiger partial charge in [0.1, 0.15) is 5.78 Å². The van der Waals surface area contributed by atoms with Crippen LogP contribution in [0.25, 0.3) is 0 Å². The molecule has 3 heteroatoms. The minimum Gasteiger partial charge on any atom is -0.392 e. The van der Waals surface area contributed by atoms with Gasteiger partial charge in [-0.3, -0.25) is 4.79 Å². The summed E-state index contributed by atoms with van der Waals surface area (Å²) in [5.41, 5.74) is 0.0842. The summed E-state index contributed by atoms with van der Waals surface area (Å²) in [4.78, 5) is 12.6. The summed E-state index contributed by atoms with van der Waals surface area (Å²) >= 11 is 0. The summed E-state index contributed by atoms with van der Waals surface area (Å²) in [7, 11) is -1.68. The fourth-order valence-corrected chi connectivity index (χ4v) is 4.42. The highest BCUT2D eigenvalue weighted by atomic mass is 28.3. The zero-order chi connectivity index (χ0) is 14.9. The van der Waals surface area contributed by atoms with E-state index < -0.39 is 14.2 Å². The smallest absolute Gasteiger partial charge is 0.138 e. The van der Waals surface area contributed by atoms with Crippen molar-refractivity contribution in [1.29, 1.82) is 0 Å². The molecule has 0 saturated carbocycles. The minimum atomic E-state index is -1.68. The Kier molecular flexibility index (Phi) is 5.82. The van der Waals surface area contributed by atoms with Crippen LogP contribution >= 0.6 is 0 Å². The van der Waals surface area contributed by atoms with E-state index in [4.69, 9.17) is 0 Å². The Bertz CT molecular complexity index is 289. The highest BCUT2D eigenvalue weighted by Crippen LogP contribution is 2.44. The molecule has 3 atom stereocenters. The van der Waals surface area contributed by atoms with Crippen molar-refractivity contribution in [1.82, 2.24) is 0 Å². The van der Waals surface area contributed by atoms with Gasteiger partial charge in [0.25, 0.3) is 0 Å². The van der Waals surface area contributed by atoms with Crippen LogP contribution in [0.2, 0.25) is 23.7 Å². The maximum atomic E-state index is 12.6. The van der Waals surface area contributed by atoms with Crippen molar-refractivity contribution in [2.45, 2.75) is 78.2 Å². The van der Waals surface area contributed by atoms with E-state index in [2.05, 4.69) is 40.8 Å². The Labute approximate surface area is 114 Å². The Hall–Kier alpha value is -0.153. The first-order chi connectivity index (χ1) is 7.84. The third kappa shape index (κ3) is 3.67. The van der Waals surface area contributed by atoms with Gasteiger partial charge in [-0.05, 0) is 11.0 Å². The number of ketones is 1. The lowest BCUT2D eigenvalue weighted by Gasteiger charge is -2.42. The number of carbonyl (C=O) groups excluding carboxylic acids is 1. The molecule has 0 aromatic rings. The molecule has 0 radical (unpaired) electrons. The zero-order valence-corrected chi connectivity index (χ0v) is 14.7. The topological polar surface area (TPSA) is 37.3 Å². The Balaban J connectivity index is 5.02. The number of hydrogen-bond donors (Lipinski definition) is 1. The average Bonchev–Trinajstić information content (AvgIpc) is 2.23. The predicted molar refractivity (Wildman–Crippen MR) is 81.6 cm³/mol. The van der Waals surface area contributed by atoms with Crippen LogP contribution in [-0.2, 0) is 4.79 Å². The first-order valence-corrected chi connectivity index (χ1v) is 10.1. The molecule has 2 nitrogen and oxygen atoms in total. The summed E-state index contributed by atoms with van der Waals surface area (Å²) in [6, 6.07) is 0. The Morgan fingerprint density at radius 2 is 1.44 bits per heavy atom. The quantitative estimate of drug-likeness (QED) is 0.765. The molecule has 0 aliphatic rings. The first kappa shape index (κ1) is 17.8. The fraction of sp³-hybridized carbons (Fsp3) is 0.933. The Morgan fingerprint density at radius 1 is 1.06 bits per heavy atom. The van der Waals surface area contributed by atoms with E-state index in [0.717, 1.165) is 0 Å².